The summed E-state index contributed by atoms with van der Waals surface area (Å²) in [6, 6.07) is 0. The zero-order valence-corrected chi connectivity index (χ0v) is 20.7. The largest absolute Gasteiger partial charge is 0.103 e. The Kier molecular flexibility index (Phi) is 27.1. The molecule has 0 unspecified atom stereocenters. The lowest BCUT2D eigenvalue weighted by Gasteiger charge is -2.03. The Morgan fingerprint density at radius 3 is 0.724 bits per heavy atom. The molecule has 0 aliphatic rings. The Hall–Kier alpha value is -0.440. The van der Waals surface area contributed by atoms with E-state index in [-0.39, 0.29) is 0 Å². The topological polar surface area (TPSA) is 0 Å². The molecule has 0 bridgehead atoms. The zero-order valence-electron chi connectivity index (χ0n) is 20.7. The van der Waals surface area contributed by atoms with Gasteiger partial charge in [-0.25, -0.2) is 0 Å². The smallest absolute Gasteiger partial charge is 0.00886 e. The van der Waals surface area contributed by atoms with Gasteiger partial charge in [0.15, 0.2) is 0 Å². The number of hydrogen-bond acceptors (Lipinski definition) is 0. The lowest BCUT2D eigenvalue weighted by molar-refractivity contribution is 0.530. The van der Waals surface area contributed by atoms with Crippen molar-refractivity contribution >= 4 is 0 Å². The quantitative estimate of drug-likeness (QED) is 0.117. The molecule has 29 heavy (non-hydrogen) atoms. The van der Waals surface area contributed by atoms with Gasteiger partial charge in [0, 0.05) is 12.8 Å². The highest BCUT2D eigenvalue weighted by molar-refractivity contribution is 4.98. The van der Waals surface area contributed by atoms with E-state index in [0.717, 1.165) is 12.8 Å². The summed E-state index contributed by atoms with van der Waals surface area (Å²) < 4.78 is 0. The fraction of sp³-hybridized carbons (Fsp3) is 0.931. The van der Waals surface area contributed by atoms with Gasteiger partial charge in [-0.3, -0.25) is 0 Å². The molecule has 0 saturated heterocycles. The van der Waals surface area contributed by atoms with Crippen molar-refractivity contribution in [3.8, 4) is 11.8 Å². The Balaban J connectivity index is 3.07. The van der Waals surface area contributed by atoms with Crippen LogP contribution in [0.1, 0.15) is 174 Å². The number of rotatable bonds is 23. The summed E-state index contributed by atoms with van der Waals surface area (Å²) in [5, 5.41) is 0. The average molecular weight is 405 g/mol. The third-order valence-corrected chi connectivity index (χ3v) is 6.19. The molecule has 0 aliphatic carbocycles. The van der Waals surface area contributed by atoms with Crippen LogP contribution in [0.5, 0.6) is 0 Å². The van der Waals surface area contributed by atoms with E-state index in [0.29, 0.717) is 0 Å². The van der Waals surface area contributed by atoms with Crippen LogP contribution in [0.3, 0.4) is 0 Å². The molecule has 0 fully saturated rings. The molecule has 0 heterocycles. The van der Waals surface area contributed by atoms with Crippen LogP contribution in [0.4, 0.5) is 0 Å². The van der Waals surface area contributed by atoms with Crippen molar-refractivity contribution in [3.05, 3.63) is 0 Å². The van der Waals surface area contributed by atoms with Crippen LogP contribution in [0, 0.1) is 11.8 Å². The molecule has 0 aliphatic heterocycles. The van der Waals surface area contributed by atoms with Crippen molar-refractivity contribution in [1.82, 2.24) is 0 Å². The van der Waals surface area contributed by atoms with Gasteiger partial charge in [-0.05, 0) is 12.8 Å². The van der Waals surface area contributed by atoms with Crippen LogP contribution < -0.4 is 0 Å². The fourth-order valence-electron chi connectivity index (χ4n) is 4.11. The molecular weight excluding hydrogens is 348 g/mol. The fourth-order valence-corrected chi connectivity index (χ4v) is 4.11. The van der Waals surface area contributed by atoms with E-state index in [1.54, 1.807) is 0 Å². The minimum atomic E-state index is 1.13. The second-order valence-electron chi connectivity index (χ2n) is 9.28. The van der Waals surface area contributed by atoms with Gasteiger partial charge in [0.1, 0.15) is 0 Å². The second kappa shape index (κ2) is 27.6. The maximum atomic E-state index is 3.40. The van der Waals surface area contributed by atoms with Gasteiger partial charge in [0.05, 0.1) is 0 Å². The maximum absolute atomic E-state index is 3.40. The highest BCUT2D eigenvalue weighted by atomic mass is 14.0. The van der Waals surface area contributed by atoms with Gasteiger partial charge in [0.2, 0.25) is 0 Å². The highest BCUT2D eigenvalue weighted by Gasteiger charge is 1.94. The predicted octanol–water partition coefficient (Wildman–Crippen LogP) is 10.8. The van der Waals surface area contributed by atoms with Gasteiger partial charge in [-0.1, -0.05) is 149 Å². The molecule has 0 heteroatoms. The van der Waals surface area contributed by atoms with E-state index < -0.39 is 0 Å². The Bertz CT molecular complexity index is 332. The molecule has 0 atom stereocenters. The molecular formula is C29H56. The summed E-state index contributed by atoms with van der Waals surface area (Å²) in [7, 11) is 0. The third kappa shape index (κ3) is 27.6. The van der Waals surface area contributed by atoms with Crippen LogP contribution in [0.15, 0.2) is 0 Å². The van der Waals surface area contributed by atoms with E-state index in [9.17, 15) is 0 Å². The van der Waals surface area contributed by atoms with E-state index in [4.69, 9.17) is 0 Å². The molecule has 0 N–H and O–H groups in total. The predicted molar refractivity (Wildman–Crippen MR) is 135 cm³/mol. The molecule has 0 radical (unpaired) electrons. The summed E-state index contributed by atoms with van der Waals surface area (Å²) >= 11 is 0. The third-order valence-electron chi connectivity index (χ3n) is 6.19. The lowest BCUT2D eigenvalue weighted by atomic mass is 10.0. The first-order chi connectivity index (χ1) is 14.4. The van der Waals surface area contributed by atoms with Gasteiger partial charge in [0.25, 0.3) is 0 Å². The summed E-state index contributed by atoms with van der Waals surface area (Å²) in [6.07, 6.45) is 35.1. The molecule has 0 nitrogen and oxygen atoms in total. The van der Waals surface area contributed by atoms with Crippen molar-refractivity contribution in [1.29, 1.82) is 0 Å². The van der Waals surface area contributed by atoms with E-state index >= 15 is 0 Å². The molecule has 0 saturated carbocycles. The van der Waals surface area contributed by atoms with Crippen molar-refractivity contribution in [2.75, 3.05) is 0 Å². The first-order valence-electron chi connectivity index (χ1n) is 13.9. The second-order valence-corrected chi connectivity index (χ2v) is 9.28. The summed E-state index contributed by atoms with van der Waals surface area (Å²) in [5.41, 5.74) is 0. The molecule has 0 amide bonds. The summed E-state index contributed by atoms with van der Waals surface area (Å²) in [6.45, 7) is 4.59. The minimum absolute atomic E-state index is 1.13. The van der Waals surface area contributed by atoms with E-state index in [1.807, 2.05) is 0 Å². The molecule has 0 spiro atoms. The summed E-state index contributed by atoms with van der Waals surface area (Å²) in [4.78, 5) is 0. The van der Waals surface area contributed by atoms with Gasteiger partial charge >= 0.3 is 0 Å². The first-order valence-corrected chi connectivity index (χ1v) is 13.9. The van der Waals surface area contributed by atoms with Crippen LogP contribution in [0.25, 0.3) is 0 Å². The SMILES string of the molecule is CCCCCCCCCC#CCCCCCCCCCCCCCCCCCC. The Morgan fingerprint density at radius 2 is 0.483 bits per heavy atom. The zero-order chi connectivity index (χ0) is 21.1. The van der Waals surface area contributed by atoms with Crippen molar-refractivity contribution in [3.63, 3.8) is 0 Å². The van der Waals surface area contributed by atoms with E-state index in [1.165, 1.54) is 148 Å². The average Bonchev–Trinajstić information content (AvgIpc) is 2.74. The van der Waals surface area contributed by atoms with Crippen molar-refractivity contribution < 1.29 is 0 Å². The van der Waals surface area contributed by atoms with Crippen molar-refractivity contribution in [2.24, 2.45) is 0 Å². The molecule has 0 aromatic rings. The van der Waals surface area contributed by atoms with E-state index in [2.05, 4.69) is 25.7 Å². The monoisotopic (exact) mass is 404 g/mol. The first kappa shape index (κ1) is 28.6. The molecule has 0 rings (SSSR count). The van der Waals surface area contributed by atoms with Gasteiger partial charge in [-0.2, -0.15) is 0 Å². The highest BCUT2D eigenvalue weighted by Crippen LogP contribution is 2.14. The lowest BCUT2D eigenvalue weighted by Crippen LogP contribution is -1.83. The molecule has 0 aromatic carbocycles. The minimum Gasteiger partial charge on any atom is -0.103 e. The van der Waals surface area contributed by atoms with Crippen LogP contribution in [-0.2, 0) is 0 Å². The number of hydrogen-bond donors (Lipinski definition) is 0. The maximum Gasteiger partial charge on any atom is 0.00886 e. The van der Waals surface area contributed by atoms with Gasteiger partial charge < -0.3 is 0 Å². The van der Waals surface area contributed by atoms with Gasteiger partial charge in [-0.15, -0.1) is 11.8 Å². The normalized spacial score (nSPS) is 10.8. The molecule has 0 aromatic heterocycles. The number of unbranched alkanes of at least 4 members (excludes halogenated alkanes) is 23. The standard InChI is InChI=1S/C29H56/c1-3-5-7-9-11-13-15-17-19-21-23-25-27-29-28-26-24-22-20-18-16-14-12-10-8-6-4-2/h3-19,21,23-29H2,1-2H3. The Labute approximate surface area is 186 Å². The van der Waals surface area contributed by atoms with Crippen LogP contribution >= 0.6 is 0 Å². The molecule has 172 valence electrons. The summed E-state index contributed by atoms with van der Waals surface area (Å²) in [5.74, 6) is 6.79. The Morgan fingerprint density at radius 1 is 0.276 bits per heavy atom. The van der Waals surface area contributed by atoms with Crippen molar-refractivity contribution in [2.45, 2.75) is 174 Å². The van der Waals surface area contributed by atoms with Crippen LogP contribution in [0.2, 0.25) is 0 Å². The van der Waals surface area contributed by atoms with Crippen LogP contribution in [-0.4, -0.2) is 0 Å².